The number of rotatable bonds is 4. The molecule has 0 amide bonds. The van der Waals surface area contributed by atoms with E-state index >= 15 is 0 Å². The Kier molecular flexibility index (Phi) is 3.76. The molecule has 0 saturated heterocycles. The van der Waals surface area contributed by atoms with Crippen molar-refractivity contribution in [3.8, 4) is 5.75 Å². The molecule has 0 aliphatic heterocycles. The average molecular weight is 215 g/mol. The van der Waals surface area contributed by atoms with Crippen LogP contribution in [0.3, 0.4) is 0 Å². The summed E-state index contributed by atoms with van der Waals surface area (Å²) >= 11 is -0.0875. The summed E-state index contributed by atoms with van der Waals surface area (Å²) in [5, 5.41) is 0. The van der Waals surface area contributed by atoms with Crippen molar-refractivity contribution in [1.82, 2.24) is 0 Å². The number of benzene rings is 1. The zero-order valence-corrected chi connectivity index (χ0v) is 7.61. The molecule has 11 heavy (non-hydrogen) atoms. The molecule has 2 nitrogen and oxygen atoms in total. The standard InChI is InChI=1S/C8H8O2Se/c1-2-11-10-9-8-6-4-3-5-7-8/h2-7H,1H2. The van der Waals surface area contributed by atoms with Crippen LogP contribution in [0.5, 0.6) is 5.75 Å². The number of hydrogen-bond acceptors (Lipinski definition) is 2. The first-order valence-corrected chi connectivity index (χ1v) is 4.78. The Labute approximate surface area is 72.2 Å². The first-order chi connectivity index (χ1) is 5.43. The van der Waals surface area contributed by atoms with Crippen LogP contribution in [-0.4, -0.2) is 15.3 Å². The molecular weight excluding hydrogens is 207 g/mol. The molecule has 1 aromatic carbocycles. The van der Waals surface area contributed by atoms with Crippen LogP contribution in [0.4, 0.5) is 0 Å². The molecule has 1 rings (SSSR count). The predicted octanol–water partition coefficient (Wildman–Crippen LogP) is 1.76. The summed E-state index contributed by atoms with van der Waals surface area (Å²) in [6.45, 7) is 3.51. The van der Waals surface area contributed by atoms with Gasteiger partial charge < -0.3 is 0 Å². The second kappa shape index (κ2) is 4.97. The zero-order chi connectivity index (χ0) is 7.94. The fraction of sp³-hybridized carbons (Fsp3) is 0. The van der Waals surface area contributed by atoms with Crippen LogP contribution < -0.4 is 4.89 Å². The van der Waals surface area contributed by atoms with Gasteiger partial charge in [0.2, 0.25) is 0 Å². The third kappa shape index (κ3) is 3.23. The molecule has 0 heterocycles. The SMILES string of the molecule is C=C[Se]OOc1ccccc1. The van der Waals surface area contributed by atoms with Gasteiger partial charge >= 0.3 is 71.8 Å². The van der Waals surface area contributed by atoms with Gasteiger partial charge in [0, 0.05) is 0 Å². The molecule has 0 radical (unpaired) electrons. The summed E-state index contributed by atoms with van der Waals surface area (Å²) in [6, 6.07) is 9.36. The normalized spacial score (nSPS) is 9.09. The van der Waals surface area contributed by atoms with Crippen molar-refractivity contribution >= 4 is 15.3 Å². The van der Waals surface area contributed by atoms with Gasteiger partial charge in [0.1, 0.15) is 0 Å². The topological polar surface area (TPSA) is 18.5 Å². The molecular formula is C8H8O2Se. The Morgan fingerprint density at radius 1 is 1.27 bits per heavy atom. The van der Waals surface area contributed by atoms with Gasteiger partial charge in [-0.05, 0) is 0 Å². The molecule has 0 aromatic heterocycles. The number of para-hydroxylation sites is 1. The second-order valence-corrected chi connectivity index (χ2v) is 3.12. The van der Waals surface area contributed by atoms with Crippen molar-refractivity contribution in [2.24, 2.45) is 0 Å². The fourth-order valence-electron chi connectivity index (χ4n) is 0.563. The van der Waals surface area contributed by atoms with Gasteiger partial charge in [-0.1, -0.05) is 0 Å². The molecule has 58 valence electrons. The molecule has 0 saturated carbocycles. The summed E-state index contributed by atoms with van der Waals surface area (Å²) in [7, 11) is 0. The molecule has 1 aromatic rings. The molecule has 0 atom stereocenters. The minimum absolute atomic E-state index is 0.0875. The summed E-state index contributed by atoms with van der Waals surface area (Å²) < 4.78 is 4.81. The molecule has 0 bridgehead atoms. The molecule has 0 fully saturated rings. The van der Waals surface area contributed by atoms with E-state index in [0.29, 0.717) is 0 Å². The van der Waals surface area contributed by atoms with Crippen molar-refractivity contribution in [1.29, 1.82) is 0 Å². The number of hydrogen-bond donors (Lipinski definition) is 0. The van der Waals surface area contributed by atoms with E-state index in [-0.39, 0.29) is 15.3 Å². The van der Waals surface area contributed by atoms with E-state index in [2.05, 4.69) is 6.58 Å². The van der Waals surface area contributed by atoms with Crippen LogP contribution >= 0.6 is 0 Å². The van der Waals surface area contributed by atoms with Crippen LogP contribution in [0.2, 0.25) is 0 Å². The van der Waals surface area contributed by atoms with E-state index in [1.165, 1.54) is 0 Å². The zero-order valence-electron chi connectivity index (χ0n) is 5.90. The van der Waals surface area contributed by atoms with Crippen molar-refractivity contribution in [3.63, 3.8) is 0 Å². The fourth-order valence-corrected chi connectivity index (χ4v) is 0.927. The summed E-state index contributed by atoms with van der Waals surface area (Å²) in [5.41, 5.74) is 0. The molecule has 0 aliphatic rings. The van der Waals surface area contributed by atoms with E-state index in [4.69, 9.17) is 8.86 Å². The van der Waals surface area contributed by atoms with E-state index in [1.54, 1.807) is 4.97 Å². The average Bonchev–Trinajstić information content (AvgIpc) is 2.07. The Morgan fingerprint density at radius 2 is 2.00 bits per heavy atom. The molecule has 0 aliphatic carbocycles. The van der Waals surface area contributed by atoms with Gasteiger partial charge in [-0.2, -0.15) is 0 Å². The Morgan fingerprint density at radius 3 is 2.64 bits per heavy atom. The van der Waals surface area contributed by atoms with Gasteiger partial charge in [0.05, 0.1) is 0 Å². The van der Waals surface area contributed by atoms with Gasteiger partial charge in [0.15, 0.2) is 0 Å². The first kappa shape index (κ1) is 8.34. The van der Waals surface area contributed by atoms with Crippen LogP contribution in [0.1, 0.15) is 0 Å². The van der Waals surface area contributed by atoms with Gasteiger partial charge in [-0.3, -0.25) is 0 Å². The Hall–Kier alpha value is -0.761. The minimum atomic E-state index is -0.0875. The van der Waals surface area contributed by atoms with E-state index < -0.39 is 0 Å². The van der Waals surface area contributed by atoms with Crippen LogP contribution in [0, 0.1) is 0 Å². The van der Waals surface area contributed by atoms with Crippen LogP contribution in [0.25, 0.3) is 0 Å². The Balaban J connectivity index is 2.33. The third-order valence-electron chi connectivity index (χ3n) is 0.981. The monoisotopic (exact) mass is 216 g/mol. The van der Waals surface area contributed by atoms with Crippen molar-refractivity contribution in [2.45, 2.75) is 0 Å². The molecule has 0 spiro atoms. The van der Waals surface area contributed by atoms with Crippen LogP contribution in [0.15, 0.2) is 41.9 Å². The van der Waals surface area contributed by atoms with Gasteiger partial charge in [-0.25, -0.2) is 0 Å². The van der Waals surface area contributed by atoms with Crippen molar-refractivity contribution < 1.29 is 8.86 Å². The van der Waals surface area contributed by atoms with E-state index in [0.717, 1.165) is 5.75 Å². The maximum absolute atomic E-state index is 4.90. The summed E-state index contributed by atoms with van der Waals surface area (Å²) in [6.07, 6.45) is 0. The third-order valence-corrected chi connectivity index (χ3v) is 1.57. The maximum atomic E-state index is 4.90. The quantitative estimate of drug-likeness (QED) is 0.330. The Bertz CT molecular complexity index is 211. The van der Waals surface area contributed by atoms with E-state index in [1.807, 2.05) is 30.3 Å². The van der Waals surface area contributed by atoms with Crippen molar-refractivity contribution in [3.05, 3.63) is 41.9 Å². The molecule has 0 N–H and O–H groups in total. The molecule has 3 heteroatoms. The second-order valence-electron chi connectivity index (χ2n) is 1.73. The predicted molar refractivity (Wildman–Crippen MR) is 44.1 cm³/mol. The van der Waals surface area contributed by atoms with Crippen molar-refractivity contribution in [2.75, 3.05) is 0 Å². The first-order valence-electron chi connectivity index (χ1n) is 3.09. The summed E-state index contributed by atoms with van der Waals surface area (Å²) in [5.74, 6) is 0.719. The van der Waals surface area contributed by atoms with E-state index in [9.17, 15) is 0 Å². The van der Waals surface area contributed by atoms with Gasteiger partial charge in [-0.15, -0.1) is 0 Å². The molecule has 0 unspecified atom stereocenters. The van der Waals surface area contributed by atoms with Crippen LogP contribution in [-0.2, 0) is 3.97 Å². The van der Waals surface area contributed by atoms with Gasteiger partial charge in [0.25, 0.3) is 0 Å². The summed E-state index contributed by atoms with van der Waals surface area (Å²) in [4.78, 5) is 6.59.